The van der Waals surface area contributed by atoms with Gasteiger partial charge in [-0.15, -0.1) is 0 Å². The first-order valence-corrected chi connectivity index (χ1v) is 14.5. The highest BCUT2D eigenvalue weighted by molar-refractivity contribution is 6.39. The van der Waals surface area contributed by atoms with Gasteiger partial charge in [-0.1, -0.05) is 114 Å². The second-order valence-corrected chi connectivity index (χ2v) is 12.0. The largest absolute Gasteiger partial charge is 0.484 e. The van der Waals surface area contributed by atoms with Crippen LogP contribution in [0.2, 0.25) is 11.6 Å². The minimum atomic E-state index is -0.00877. The van der Waals surface area contributed by atoms with E-state index in [4.69, 9.17) is 4.74 Å². The summed E-state index contributed by atoms with van der Waals surface area (Å²) in [7, 11) is 2.79. The Morgan fingerprint density at radius 3 is 2.06 bits per heavy atom. The third-order valence-corrected chi connectivity index (χ3v) is 9.34. The van der Waals surface area contributed by atoms with E-state index >= 15 is 0 Å². The summed E-state index contributed by atoms with van der Waals surface area (Å²) in [5.41, 5.74) is 0.571. The van der Waals surface area contributed by atoms with Crippen LogP contribution in [0, 0.1) is 11.3 Å². The van der Waals surface area contributed by atoms with Crippen molar-refractivity contribution in [2.75, 3.05) is 6.61 Å². The first-order chi connectivity index (χ1) is 17.1. The first kappa shape index (κ1) is 26.4. The molecule has 5 fully saturated rings. The maximum Gasteiger partial charge on any atom is 0.258 e. The highest BCUT2D eigenvalue weighted by Gasteiger charge is 2.70. The molecule has 0 spiro atoms. The fraction of sp³-hybridized carbons (Fsp3) is 0.710. The topological polar surface area (TPSA) is 38.3 Å². The Morgan fingerprint density at radius 1 is 0.857 bits per heavy atom. The zero-order chi connectivity index (χ0) is 24.6. The highest BCUT2D eigenvalue weighted by atomic mass is 16.5. The molecule has 1 N–H and O–H groups in total. The fourth-order valence-electron chi connectivity index (χ4n) is 7.76. The van der Waals surface area contributed by atoms with E-state index in [2.05, 4.69) is 25.8 Å². The van der Waals surface area contributed by atoms with Gasteiger partial charge in [0, 0.05) is 5.54 Å². The van der Waals surface area contributed by atoms with Gasteiger partial charge in [-0.25, -0.2) is 0 Å². The number of nitrogens with one attached hydrogen (secondary N) is 1. The van der Waals surface area contributed by atoms with Crippen LogP contribution in [0.25, 0.3) is 0 Å². The normalized spacial score (nSPS) is 34.2. The Bertz CT molecular complexity index is 762. The molecule has 2 bridgehead atoms. The first-order valence-electron chi connectivity index (χ1n) is 14.5. The molecule has 0 heterocycles. The van der Waals surface area contributed by atoms with Crippen molar-refractivity contribution >= 4 is 13.2 Å². The molecule has 0 saturated heterocycles. The summed E-state index contributed by atoms with van der Waals surface area (Å²) in [5, 5.41) is 3.30. The smallest absolute Gasteiger partial charge is 0.258 e. The van der Waals surface area contributed by atoms with Gasteiger partial charge in [0.1, 0.15) is 13.0 Å². The van der Waals surface area contributed by atoms with Gasteiger partial charge in [-0.3, -0.25) is 4.79 Å². The van der Waals surface area contributed by atoms with Crippen LogP contribution in [-0.4, -0.2) is 25.3 Å². The Hall–Kier alpha value is -1.71. The quantitative estimate of drug-likeness (QED) is 0.198. The number of allylic oxidation sites excluding steroid dienone is 5. The van der Waals surface area contributed by atoms with Gasteiger partial charge in [0.05, 0.1) is 0 Å². The lowest BCUT2D eigenvalue weighted by Crippen LogP contribution is -2.76. The molecule has 4 heteroatoms. The SMILES string of the molecule is C=C/C=C\C(=C/C=C)OCC(=O)NC12CC(C3CCCC([B]C4CCCCCCC4)CCC3)(C1)C2. The van der Waals surface area contributed by atoms with E-state index in [0.717, 1.165) is 17.6 Å². The summed E-state index contributed by atoms with van der Waals surface area (Å²) in [6.07, 6.45) is 30.8. The highest BCUT2D eigenvalue weighted by Crippen LogP contribution is 2.72. The molecule has 5 rings (SSSR count). The monoisotopic (exact) mass is 476 g/mol. The summed E-state index contributed by atoms with van der Waals surface area (Å²) in [5.74, 6) is 3.24. The van der Waals surface area contributed by atoms with Gasteiger partial charge >= 0.3 is 0 Å². The van der Waals surface area contributed by atoms with E-state index in [1.165, 1.54) is 103 Å². The Labute approximate surface area is 215 Å². The fourth-order valence-corrected chi connectivity index (χ4v) is 7.76. The van der Waals surface area contributed by atoms with Crippen molar-refractivity contribution in [3.05, 3.63) is 49.3 Å². The van der Waals surface area contributed by atoms with Gasteiger partial charge in [0.2, 0.25) is 0 Å². The van der Waals surface area contributed by atoms with Gasteiger partial charge in [-0.2, -0.15) is 0 Å². The molecule has 0 aromatic carbocycles. The number of hydrogen-bond acceptors (Lipinski definition) is 2. The summed E-state index contributed by atoms with van der Waals surface area (Å²) >= 11 is 0. The molecule has 5 aliphatic carbocycles. The van der Waals surface area contributed by atoms with Crippen LogP contribution in [0.5, 0.6) is 0 Å². The van der Waals surface area contributed by atoms with Crippen LogP contribution in [-0.2, 0) is 9.53 Å². The molecule has 0 aliphatic heterocycles. The van der Waals surface area contributed by atoms with Crippen LogP contribution in [0.15, 0.2) is 49.3 Å². The molecular weight excluding hydrogens is 429 g/mol. The number of carbonyl (C=O) groups is 1. The van der Waals surface area contributed by atoms with Crippen LogP contribution in [0.1, 0.15) is 103 Å². The number of amides is 1. The van der Waals surface area contributed by atoms with Gasteiger partial charge in [0.25, 0.3) is 5.91 Å². The number of ether oxygens (including phenoxy) is 1. The standard InChI is InChI=1S/C31H47BNO2/c1-3-5-20-28(13-4-2)35-21-29(34)33-31-22-30(23-31,24-31)25-14-11-18-27(19-12-15-25)32-26-16-9-7-6-8-10-17-26/h3-5,13,20,25-27H,1-2,6-12,14-19,21-24H2,(H,33,34)/b20-5-,28-13+. The lowest BCUT2D eigenvalue weighted by atomic mass is 9.34. The molecular formula is C31H47BNO2. The Kier molecular flexibility index (Phi) is 9.42. The summed E-state index contributed by atoms with van der Waals surface area (Å²) in [6.45, 7) is 7.43. The van der Waals surface area contributed by atoms with Crippen molar-refractivity contribution in [2.45, 2.75) is 120 Å². The summed E-state index contributed by atoms with van der Waals surface area (Å²) < 4.78 is 5.67. The van der Waals surface area contributed by atoms with Crippen molar-refractivity contribution in [1.82, 2.24) is 5.32 Å². The molecule has 0 aromatic rings. The van der Waals surface area contributed by atoms with Crippen molar-refractivity contribution in [3.63, 3.8) is 0 Å². The van der Waals surface area contributed by atoms with Gasteiger partial charge in [0.15, 0.2) is 6.61 Å². The minimum absolute atomic E-state index is 0.00877. The third-order valence-electron chi connectivity index (χ3n) is 9.34. The van der Waals surface area contributed by atoms with E-state index in [0.29, 0.717) is 11.2 Å². The Morgan fingerprint density at radius 2 is 1.46 bits per heavy atom. The molecule has 5 saturated carbocycles. The summed E-state index contributed by atoms with van der Waals surface area (Å²) in [4.78, 5) is 12.5. The maximum atomic E-state index is 12.5. The predicted molar refractivity (Wildman–Crippen MR) is 147 cm³/mol. The average molecular weight is 477 g/mol. The number of rotatable bonds is 10. The molecule has 0 aromatic heterocycles. The molecule has 5 aliphatic rings. The predicted octanol–water partition coefficient (Wildman–Crippen LogP) is 7.85. The van der Waals surface area contributed by atoms with Gasteiger partial charge in [-0.05, 0) is 55.6 Å². The molecule has 1 amide bonds. The zero-order valence-corrected chi connectivity index (χ0v) is 21.9. The Balaban J connectivity index is 1.16. The zero-order valence-electron chi connectivity index (χ0n) is 21.9. The van der Waals surface area contributed by atoms with Crippen LogP contribution in [0.4, 0.5) is 0 Å². The van der Waals surface area contributed by atoms with E-state index in [-0.39, 0.29) is 18.1 Å². The van der Waals surface area contributed by atoms with Crippen LogP contribution >= 0.6 is 0 Å². The van der Waals surface area contributed by atoms with Crippen molar-refractivity contribution in [2.24, 2.45) is 11.3 Å². The summed E-state index contributed by atoms with van der Waals surface area (Å²) in [6, 6.07) is 0. The molecule has 35 heavy (non-hydrogen) atoms. The van der Waals surface area contributed by atoms with E-state index in [1.54, 1.807) is 30.4 Å². The van der Waals surface area contributed by atoms with Crippen molar-refractivity contribution in [1.29, 1.82) is 0 Å². The van der Waals surface area contributed by atoms with E-state index in [9.17, 15) is 4.79 Å². The third kappa shape index (κ3) is 6.95. The van der Waals surface area contributed by atoms with E-state index < -0.39 is 0 Å². The van der Waals surface area contributed by atoms with Gasteiger partial charge < -0.3 is 10.1 Å². The number of hydrogen-bond donors (Lipinski definition) is 1. The van der Waals surface area contributed by atoms with Crippen molar-refractivity contribution in [3.8, 4) is 0 Å². The maximum absolute atomic E-state index is 12.5. The van der Waals surface area contributed by atoms with Crippen LogP contribution < -0.4 is 5.32 Å². The lowest BCUT2D eigenvalue weighted by molar-refractivity contribution is -0.198. The lowest BCUT2D eigenvalue weighted by Gasteiger charge is -2.73. The molecule has 0 atom stereocenters. The molecule has 191 valence electrons. The van der Waals surface area contributed by atoms with Crippen molar-refractivity contribution < 1.29 is 9.53 Å². The molecule has 0 unspecified atom stereocenters. The number of carbonyl (C=O) groups excluding carboxylic acids is 1. The second-order valence-electron chi connectivity index (χ2n) is 12.0. The van der Waals surface area contributed by atoms with E-state index in [1.807, 2.05) is 0 Å². The minimum Gasteiger partial charge on any atom is -0.484 e. The molecule has 1 radical (unpaired) electrons. The average Bonchev–Trinajstić information content (AvgIpc) is 2.75. The molecule has 3 nitrogen and oxygen atoms in total. The second kappa shape index (κ2) is 12.5. The van der Waals surface area contributed by atoms with Crippen LogP contribution in [0.3, 0.4) is 0 Å².